The van der Waals surface area contributed by atoms with Crippen LogP contribution in [0.5, 0.6) is 5.75 Å². The molecule has 0 saturated carbocycles. The van der Waals surface area contributed by atoms with Gasteiger partial charge in [0.15, 0.2) is 0 Å². The fourth-order valence-electron chi connectivity index (χ4n) is 2.32. The SMILES string of the molecule is CC(C)Oc1cncc(C(N)c2cnn3ccccc23)c1. The van der Waals surface area contributed by atoms with Crippen LogP contribution in [0.25, 0.3) is 5.52 Å². The average Bonchev–Trinajstić information content (AvgIpc) is 2.90. The van der Waals surface area contributed by atoms with Gasteiger partial charge in [0.05, 0.1) is 30.1 Å². The molecule has 0 aliphatic heterocycles. The quantitative estimate of drug-likeness (QED) is 0.798. The van der Waals surface area contributed by atoms with Gasteiger partial charge >= 0.3 is 0 Å². The Kier molecular flexibility index (Phi) is 3.58. The molecule has 5 heteroatoms. The maximum absolute atomic E-state index is 6.38. The Morgan fingerprint density at radius 3 is 2.86 bits per heavy atom. The first-order valence-electron chi connectivity index (χ1n) is 6.94. The molecule has 3 aromatic heterocycles. The van der Waals surface area contributed by atoms with Crippen LogP contribution in [0, 0.1) is 0 Å². The molecule has 0 amide bonds. The van der Waals surface area contributed by atoms with E-state index >= 15 is 0 Å². The summed E-state index contributed by atoms with van der Waals surface area (Å²) in [6.07, 6.45) is 7.28. The van der Waals surface area contributed by atoms with Crippen molar-refractivity contribution in [1.82, 2.24) is 14.6 Å². The molecular formula is C16H18N4O. The van der Waals surface area contributed by atoms with E-state index in [1.165, 1.54) is 0 Å². The summed E-state index contributed by atoms with van der Waals surface area (Å²) in [7, 11) is 0. The van der Waals surface area contributed by atoms with Gasteiger partial charge in [-0.3, -0.25) is 4.98 Å². The Morgan fingerprint density at radius 1 is 1.19 bits per heavy atom. The first-order valence-corrected chi connectivity index (χ1v) is 6.94. The van der Waals surface area contributed by atoms with Crippen molar-refractivity contribution in [3.63, 3.8) is 0 Å². The van der Waals surface area contributed by atoms with Crippen LogP contribution in [0.2, 0.25) is 0 Å². The van der Waals surface area contributed by atoms with Gasteiger partial charge in [-0.15, -0.1) is 0 Å². The first kappa shape index (κ1) is 13.6. The zero-order valence-electron chi connectivity index (χ0n) is 12.1. The predicted octanol–water partition coefficient (Wildman–Crippen LogP) is 2.56. The van der Waals surface area contributed by atoms with Crippen LogP contribution in [-0.2, 0) is 0 Å². The van der Waals surface area contributed by atoms with Crippen molar-refractivity contribution >= 4 is 5.52 Å². The molecular weight excluding hydrogens is 264 g/mol. The summed E-state index contributed by atoms with van der Waals surface area (Å²) >= 11 is 0. The third-order valence-corrected chi connectivity index (χ3v) is 3.26. The van der Waals surface area contributed by atoms with E-state index in [9.17, 15) is 0 Å². The Balaban J connectivity index is 1.96. The highest BCUT2D eigenvalue weighted by Gasteiger charge is 2.15. The summed E-state index contributed by atoms with van der Waals surface area (Å²) < 4.78 is 7.49. The van der Waals surface area contributed by atoms with Crippen molar-refractivity contribution in [1.29, 1.82) is 0 Å². The average molecular weight is 282 g/mol. The molecule has 2 N–H and O–H groups in total. The van der Waals surface area contributed by atoms with Gasteiger partial charge in [0.25, 0.3) is 0 Å². The highest BCUT2D eigenvalue weighted by molar-refractivity contribution is 5.57. The van der Waals surface area contributed by atoms with Crippen LogP contribution in [0.3, 0.4) is 0 Å². The minimum Gasteiger partial charge on any atom is -0.489 e. The molecule has 0 aliphatic rings. The van der Waals surface area contributed by atoms with Gasteiger partial charge in [0.1, 0.15) is 5.75 Å². The largest absolute Gasteiger partial charge is 0.489 e. The monoisotopic (exact) mass is 282 g/mol. The van der Waals surface area contributed by atoms with Crippen LogP contribution in [0.4, 0.5) is 0 Å². The maximum atomic E-state index is 6.38. The first-order chi connectivity index (χ1) is 10.1. The normalized spacial score (nSPS) is 12.8. The lowest BCUT2D eigenvalue weighted by Crippen LogP contribution is -2.13. The molecule has 0 bridgehead atoms. The van der Waals surface area contributed by atoms with Crippen molar-refractivity contribution in [3.8, 4) is 5.75 Å². The number of hydrogen-bond donors (Lipinski definition) is 1. The van der Waals surface area contributed by atoms with Gasteiger partial charge in [0.2, 0.25) is 0 Å². The van der Waals surface area contributed by atoms with Gasteiger partial charge < -0.3 is 10.5 Å². The van der Waals surface area contributed by atoms with E-state index in [1.807, 2.05) is 48.8 Å². The number of rotatable bonds is 4. The molecule has 0 fully saturated rings. The zero-order chi connectivity index (χ0) is 14.8. The lowest BCUT2D eigenvalue weighted by atomic mass is 10.0. The second-order valence-corrected chi connectivity index (χ2v) is 5.23. The van der Waals surface area contributed by atoms with Gasteiger partial charge in [0, 0.05) is 18.0 Å². The fraction of sp³-hybridized carbons (Fsp3) is 0.250. The number of nitrogens with two attached hydrogens (primary N) is 1. The number of nitrogens with zero attached hydrogens (tertiary/aromatic N) is 3. The lowest BCUT2D eigenvalue weighted by molar-refractivity contribution is 0.241. The Morgan fingerprint density at radius 2 is 2.05 bits per heavy atom. The highest BCUT2D eigenvalue weighted by Crippen LogP contribution is 2.25. The van der Waals surface area contributed by atoms with Crippen LogP contribution in [0.1, 0.15) is 31.0 Å². The summed E-state index contributed by atoms with van der Waals surface area (Å²) in [5.41, 5.74) is 9.26. The van der Waals surface area contributed by atoms with E-state index in [4.69, 9.17) is 10.5 Å². The highest BCUT2D eigenvalue weighted by atomic mass is 16.5. The Bertz CT molecular complexity index is 751. The summed E-state index contributed by atoms with van der Waals surface area (Å²) in [6.45, 7) is 3.97. The summed E-state index contributed by atoms with van der Waals surface area (Å²) in [6, 6.07) is 7.57. The van der Waals surface area contributed by atoms with Crippen molar-refractivity contribution in [3.05, 3.63) is 60.2 Å². The van der Waals surface area contributed by atoms with Crippen LogP contribution in [0.15, 0.2) is 49.1 Å². The molecule has 3 aromatic rings. The molecule has 21 heavy (non-hydrogen) atoms. The van der Waals surface area contributed by atoms with E-state index in [0.29, 0.717) is 0 Å². The Hall–Kier alpha value is -2.40. The summed E-state index contributed by atoms with van der Waals surface area (Å²) in [4.78, 5) is 4.22. The molecule has 0 radical (unpaired) electrons. The number of pyridine rings is 2. The molecule has 0 saturated heterocycles. The minimum absolute atomic E-state index is 0.107. The van der Waals surface area contributed by atoms with Crippen LogP contribution in [-0.4, -0.2) is 20.7 Å². The van der Waals surface area contributed by atoms with Crippen LogP contribution >= 0.6 is 0 Å². The van der Waals surface area contributed by atoms with Crippen molar-refractivity contribution < 1.29 is 4.74 Å². The molecule has 5 nitrogen and oxygen atoms in total. The topological polar surface area (TPSA) is 65.4 Å². The van der Waals surface area contributed by atoms with Gasteiger partial charge in [-0.1, -0.05) is 6.07 Å². The van der Waals surface area contributed by atoms with Crippen molar-refractivity contribution in [2.45, 2.75) is 26.0 Å². The summed E-state index contributed by atoms with van der Waals surface area (Å²) in [5.74, 6) is 0.731. The molecule has 108 valence electrons. The van der Waals surface area contributed by atoms with Crippen molar-refractivity contribution in [2.75, 3.05) is 0 Å². The second-order valence-electron chi connectivity index (χ2n) is 5.23. The molecule has 3 rings (SSSR count). The second kappa shape index (κ2) is 5.54. The fourth-order valence-corrected chi connectivity index (χ4v) is 2.32. The summed E-state index contributed by atoms with van der Waals surface area (Å²) in [5, 5.41) is 4.32. The van der Waals surface area contributed by atoms with Crippen molar-refractivity contribution in [2.24, 2.45) is 5.73 Å². The maximum Gasteiger partial charge on any atom is 0.138 e. The molecule has 0 aromatic carbocycles. The van der Waals surface area contributed by atoms with E-state index in [-0.39, 0.29) is 12.1 Å². The molecule has 0 aliphatic carbocycles. The number of ether oxygens (including phenoxy) is 1. The number of fused-ring (bicyclic) bond motifs is 1. The third kappa shape index (κ3) is 2.73. The predicted molar refractivity (Wildman–Crippen MR) is 81.2 cm³/mol. The van der Waals surface area contributed by atoms with E-state index in [0.717, 1.165) is 22.4 Å². The molecule has 3 heterocycles. The smallest absolute Gasteiger partial charge is 0.138 e. The zero-order valence-corrected chi connectivity index (χ0v) is 12.1. The molecule has 1 unspecified atom stereocenters. The minimum atomic E-state index is -0.284. The van der Waals surface area contributed by atoms with Gasteiger partial charge in [-0.05, 0) is 37.6 Å². The lowest BCUT2D eigenvalue weighted by Gasteiger charge is -2.14. The number of aromatic nitrogens is 3. The standard InChI is InChI=1S/C16H18N4O/c1-11(2)21-13-7-12(8-18-9-13)16(17)14-10-19-20-6-4-3-5-15(14)20/h3-11,16H,17H2,1-2H3. The molecule has 1 atom stereocenters. The van der Waals surface area contributed by atoms with Gasteiger partial charge in [-0.2, -0.15) is 5.10 Å². The number of hydrogen-bond acceptors (Lipinski definition) is 4. The molecule has 0 spiro atoms. The van der Waals surface area contributed by atoms with E-state index in [2.05, 4.69) is 10.1 Å². The van der Waals surface area contributed by atoms with Gasteiger partial charge in [-0.25, -0.2) is 4.52 Å². The van der Waals surface area contributed by atoms with Crippen LogP contribution < -0.4 is 10.5 Å². The van der Waals surface area contributed by atoms with E-state index < -0.39 is 0 Å². The third-order valence-electron chi connectivity index (χ3n) is 3.26. The van der Waals surface area contributed by atoms with E-state index in [1.54, 1.807) is 18.6 Å². The Labute approximate surface area is 123 Å².